The predicted molar refractivity (Wildman–Crippen MR) is 254 cm³/mol. The Morgan fingerprint density at radius 1 is 0.383 bits per heavy atom. The van der Waals surface area contributed by atoms with Gasteiger partial charge >= 0.3 is 17.9 Å². The van der Waals surface area contributed by atoms with Crippen LogP contribution in [0.3, 0.4) is 0 Å². The number of ether oxygens (including phenoxy) is 6. The Kier molecular flexibility index (Phi) is 19.1. The van der Waals surface area contributed by atoms with Gasteiger partial charge in [0.2, 0.25) is 0 Å². The predicted octanol–water partition coefficient (Wildman–Crippen LogP) is -8.20. The SMILES string of the molecule is O=C(NC1COC(=O)C(NC(=O)c2cc(C3O[C@H](CO)[C@@H](O)[C@H](O)[C@H]3O)cc(O)c2O)COC(=O)C(NC(=O)c2cc(C3O[C@H](CO)[C@@H](O)[C@H](O)[C@H]3O)cc(O)c2O)COC1=O)c1cc(C2O[C@H](CO)[C@@H](O)[C@H](O)[C@H]2O)cc(O)c1O. The molecule has 4 saturated heterocycles. The van der Waals surface area contributed by atoms with Gasteiger partial charge in [0, 0.05) is 0 Å². The van der Waals surface area contributed by atoms with E-state index in [0.29, 0.717) is 0 Å². The molecular formula is C48H57N3O30. The van der Waals surface area contributed by atoms with Crippen LogP contribution in [0.25, 0.3) is 0 Å². The van der Waals surface area contributed by atoms with Gasteiger partial charge in [-0.1, -0.05) is 0 Å². The molecule has 18 atom stereocenters. The van der Waals surface area contributed by atoms with Crippen LogP contribution in [0.1, 0.15) is 66.1 Å². The summed E-state index contributed by atoms with van der Waals surface area (Å²) in [5.74, 6) is -16.2. The van der Waals surface area contributed by atoms with Crippen molar-refractivity contribution in [1.29, 1.82) is 0 Å². The van der Waals surface area contributed by atoms with E-state index in [0.717, 1.165) is 36.4 Å². The normalized spacial score (nSPS) is 33.1. The number of aromatic hydroxyl groups is 6. The number of amides is 3. The summed E-state index contributed by atoms with van der Waals surface area (Å²) in [5.41, 5.74) is -3.87. The van der Waals surface area contributed by atoms with Crippen molar-refractivity contribution < 1.29 is 149 Å². The number of cyclic esters (lactones) is 3. The van der Waals surface area contributed by atoms with Crippen molar-refractivity contribution in [3.05, 3.63) is 69.8 Å². The standard InChI is InChI=1S/C48H57N3O30/c52-7-25-31(61)34(64)37(67)40(79-25)13-1-16(28(58)22(55)4-13)43(70)49-19-10-76-47(74)21(51-45(72)18-3-15(6-24(57)30(18)60)42-39(69)36(66)33(63)27(9-54)81-42)12-78-48(75)20(11-77-46(19)73)50-44(71)17-2-14(5-23(56)29(17)59)41-38(68)35(65)32(62)26(8-53)80-41/h1-6,19-21,25-27,31-42,52-69H,7-12H2,(H,49,70)(H,50,71)(H,51,72)/t19?,20?,21?,25-,26-,27-,31-,32-,33-,34+,35+,36+,37-,38-,39-,40?,41?,42?/m1/s1. The van der Waals surface area contributed by atoms with Crippen molar-refractivity contribution >= 4 is 35.6 Å². The van der Waals surface area contributed by atoms with Crippen molar-refractivity contribution in [3.63, 3.8) is 0 Å². The number of rotatable bonds is 12. The van der Waals surface area contributed by atoms with Gasteiger partial charge in [0.05, 0.1) is 36.5 Å². The van der Waals surface area contributed by atoms with Crippen molar-refractivity contribution in [2.24, 2.45) is 0 Å². The average Bonchev–Trinajstić information content (AvgIpc) is 3.48. The number of aliphatic hydroxyl groups is 12. The van der Waals surface area contributed by atoms with Crippen molar-refractivity contribution in [2.75, 3.05) is 39.6 Å². The van der Waals surface area contributed by atoms with Crippen molar-refractivity contribution in [3.8, 4) is 34.5 Å². The average molecular weight is 1160 g/mol. The fourth-order valence-corrected chi connectivity index (χ4v) is 9.08. The largest absolute Gasteiger partial charge is 0.504 e. The molecule has 0 bridgehead atoms. The molecule has 3 amide bonds. The van der Waals surface area contributed by atoms with Crippen LogP contribution in [0.2, 0.25) is 0 Å². The first kappa shape index (κ1) is 61.3. The van der Waals surface area contributed by atoms with E-state index < -0.39 is 236 Å². The molecule has 0 aromatic heterocycles. The fourth-order valence-electron chi connectivity index (χ4n) is 9.08. The molecule has 21 N–H and O–H groups in total. The second-order valence-corrected chi connectivity index (χ2v) is 19.0. The van der Waals surface area contributed by atoms with Gasteiger partial charge in [0.15, 0.2) is 52.6 Å². The third-order valence-electron chi connectivity index (χ3n) is 13.7. The van der Waals surface area contributed by atoms with E-state index in [1.54, 1.807) is 0 Å². The van der Waals surface area contributed by atoms with E-state index in [2.05, 4.69) is 0 Å². The second kappa shape index (κ2) is 25.2. The number of aliphatic hydroxyl groups excluding tert-OH is 12. The molecule has 4 fully saturated rings. The monoisotopic (exact) mass is 1160 g/mol. The number of hydrogen-bond donors (Lipinski definition) is 21. The highest BCUT2D eigenvalue weighted by Crippen LogP contribution is 2.42. The Morgan fingerprint density at radius 3 is 0.840 bits per heavy atom. The molecule has 0 radical (unpaired) electrons. The minimum Gasteiger partial charge on any atom is -0.504 e. The molecule has 0 spiro atoms. The van der Waals surface area contributed by atoms with Crippen LogP contribution >= 0.6 is 0 Å². The lowest BCUT2D eigenvalue weighted by atomic mass is 9.90. The van der Waals surface area contributed by atoms with Crippen molar-refractivity contribution in [1.82, 2.24) is 16.0 Å². The molecule has 33 nitrogen and oxygen atoms in total. The summed E-state index contributed by atoms with van der Waals surface area (Å²) in [6.07, 6.45) is -27.0. The Labute approximate surface area is 453 Å². The van der Waals surface area contributed by atoms with Gasteiger partial charge in [-0.3, -0.25) is 14.4 Å². The lowest BCUT2D eigenvalue weighted by Gasteiger charge is -2.40. The summed E-state index contributed by atoms with van der Waals surface area (Å²) in [6.45, 7) is -6.58. The molecule has 3 aromatic carbocycles. The quantitative estimate of drug-likeness (QED) is 0.0455. The first-order valence-electron chi connectivity index (χ1n) is 24.2. The maximum atomic E-state index is 13.9. The summed E-state index contributed by atoms with van der Waals surface area (Å²) in [7, 11) is 0. The molecule has 444 valence electrons. The number of carbonyl (C=O) groups is 6. The van der Waals surface area contributed by atoms with Gasteiger partial charge in [0.25, 0.3) is 17.7 Å². The molecule has 4 heterocycles. The zero-order valence-electron chi connectivity index (χ0n) is 41.5. The van der Waals surface area contributed by atoms with Crippen molar-refractivity contribution in [2.45, 2.75) is 110 Å². The first-order chi connectivity index (χ1) is 38.2. The smallest absolute Gasteiger partial charge is 0.332 e. The summed E-state index contributed by atoms with van der Waals surface area (Å²) in [5, 5.41) is 194. The molecule has 7 rings (SSSR count). The van der Waals surface area contributed by atoms with Crippen LogP contribution in [-0.4, -0.2) is 259 Å². The van der Waals surface area contributed by atoms with Gasteiger partial charge < -0.3 is 136 Å². The molecule has 6 unspecified atom stereocenters. The Balaban J connectivity index is 1.21. The molecule has 3 aromatic rings. The minimum atomic E-state index is -2.26. The van der Waals surface area contributed by atoms with Crippen LogP contribution in [0.15, 0.2) is 36.4 Å². The van der Waals surface area contributed by atoms with E-state index in [4.69, 9.17) is 28.4 Å². The van der Waals surface area contributed by atoms with E-state index in [1.807, 2.05) is 16.0 Å². The first-order valence-corrected chi connectivity index (χ1v) is 24.2. The highest BCUT2D eigenvalue weighted by molar-refractivity contribution is 6.02. The number of benzene rings is 3. The summed E-state index contributed by atoms with van der Waals surface area (Å²) in [6, 6.07) is -2.13. The molecule has 81 heavy (non-hydrogen) atoms. The number of nitrogens with one attached hydrogen (secondary N) is 3. The highest BCUT2D eigenvalue weighted by Gasteiger charge is 2.48. The van der Waals surface area contributed by atoms with Crippen LogP contribution in [0.5, 0.6) is 34.5 Å². The van der Waals surface area contributed by atoms with Gasteiger partial charge in [-0.25, -0.2) is 14.4 Å². The third-order valence-corrected chi connectivity index (χ3v) is 13.7. The number of phenolic OH excluding ortho intramolecular Hbond substituents is 6. The molecule has 4 aliphatic rings. The zero-order chi connectivity index (χ0) is 59.6. The lowest BCUT2D eigenvalue weighted by molar-refractivity contribution is -0.231. The third kappa shape index (κ3) is 12.6. The number of carbonyl (C=O) groups excluding carboxylic acids is 6. The Hall–Kier alpha value is -7.32. The fraction of sp³-hybridized carbons (Fsp3) is 0.500. The number of esters is 3. The second-order valence-electron chi connectivity index (χ2n) is 19.0. The molecular weight excluding hydrogens is 1100 g/mol. The van der Waals surface area contributed by atoms with E-state index in [9.17, 15) is 121 Å². The molecule has 33 heteroatoms. The van der Waals surface area contributed by atoms with Gasteiger partial charge in [-0.15, -0.1) is 0 Å². The van der Waals surface area contributed by atoms with Gasteiger partial charge in [0.1, 0.15) is 111 Å². The molecule has 4 aliphatic heterocycles. The summed E-state index contributed by atoms with van der Waals surface area (Å²) >= 11 is 0. The maximum Gasteiger partial charge on any atom is 0.332 e. The van der Waals surface area contributed by atoms with E-state index >= 15 is 0 Å². The van der Waals surface area contributed by atoms with Gasteiger partial charge in [-0.2, -0.15) is 0 Å². The van der Waals surface area contributed by atoms with Gasteiger partial charge in [-0.05, 0) is 53.1 Å². The van der Waals surface area contributed by atoms with Crippen LogP contribution in [0.4, 0.5) is 0 Å². The van der Waals surface area contributed by atoms with Crippen LogP contribution in [0, 0.1) is 0 Å². The highest BCUT2D eigenvalue weighted by atomic mass is 16.6. The summed E-state index contributed by atoms with van der Waals surface area (Å²) in [4.78, 5) is 83.5. The van der Waals surface area contributed by atoms with Crippen LogP contribution < -0.4 is 16.0 Å². The number of hydrogen-bond acceptors (Lipinski definition) is 30. The summed E-state index contributed by atoms with van der Waals surface area (Å²) < 4.78 is 32.1. The lowest BCUT2D eigenvalue weighted by Crippen LogP contribution is -2.55. The molecule has 0 aliphatic carbocycles. The Bertz CT molecular complexity index is 2550. The molecule has 0 saturated carbocycles. The maximum absolute atomic E-state index is 13.9. The Morgan fingerprint density at radius 2 is 0.617 bits per heavy atom. The topological polar surface area (TPSA) is 558 Å². The zero-order valence-corrected chi connectivity index (χ0v) is 41.5. The number of phenols is 6. The van der Waals surface area contributed by atoms with E-state index in [1.165, 1.54) is 0 Å². The van der Waals surface area contributed by atoms with Crippen LogP contribution in [-0.2, 0) is 42.8 Å². The minimum absolute atomic E-state index is 0.369. The van der Waals surface area contributed by atoms with E-state index in [-0.39, 0.29) is 16.7 Å².